The fraction of sp³-hybridized carbons (Fsp3) is 0.316. The number of rotatable bonds is 3. The van der Waals surface area contributed by atoms with Gasteiger partial charge < -0.3 is 14.9 Å². The first-order valence-electron chi connectivity index (χ1n) is 7.91. The average molecular weight is 312 g/mol. The van der Waals surface area contributed by atoms with E-state index in [2.05, 4.69) is 0 Å². The second-order valence-electron chi connectivity index (χ2n) is 6.08. The molecule has 0 radical (unpaired) electrons. The van der Waals surface area contributed by atoms with Crippen molar-refractivity contribution in [2.75, 3.05) is 0 Å². The van der Waals surface area contributed by atoms with Crippen LogP contribution in [0.15, 0.2) is 48.5 Å². The minimum Gasteiger partial charge on any atom is -0.508 e. The molecular weight excluding hydrogens is 292 g/mol. The summed E-state index contributed by atoms with van der Waals surface area (Å²) in [7, 11) is 0. The van der Waals surface area contributed by atoms with Gasteiger partial charge in [-0.3, -0.25) is 0 Å². The molecule has 1 aliphatic carbocycles. The fourth-order valence-corrected chi connectivity index (χ4v) is 3.62. The molecule has 0 bridgehead atoms. The van der Waals surface area contributed by atoms with Gasteiger partial charge in [0.2, 0.25) is 0 Å². The van der Waals surface area contributed by atoms with Crippen LogP contribution in [0.5, 0.6) is 11.5 Å². The maximum absolute atomic E-state index is 10.6. The topological polar surface area (TPSA) is 66.8 Å². The summed E-state index contributed by atoms with van der Waals surface area (Å²) in [6.45, 7) is 0. The van der Waals surface area contributed by atoms with Crippen LogP contribution in [-0.2, 0) is 5.41 Å². The quantitative estimate of drug-likeness (QED) is 0.637. The lowest BCUT2D eigenvalue weighted by molar-refractivity contribution is 0.144. The van der Waals surface area contributed by atoms with Crippen molar-refractivity contribution < 1.29 is 19.7 Å². The lowest BCUT2D eigenvalue weighted by Gasteiger charge is -2.38. The molecule has 2 aromatic carbocycles. The van der Waals surface area contributed by atoms with E-state index < -0.39 is 6.16 Å². The monoisotopic (exact) mass is 312 g/mol. The highest BCUT2D eigenvalue weighted by Gasteiger charge is 2.35. The third kappa shape index (κ3) is 3.16. The van der Waals surface area contributed by atoms with Crippen molar-refractivity contribution in [2.45, 2.75) is 37.5 Å². The Morgan fingerprint density at radius 1 is 0.870 bits per heavy atom. The minimum absolute atomic E-state index is 0.0757. The zero-order chi connectivity index (χ0) is 16.3. The molecule has 0 aromatic heterocycles. The van der Waals surface area contributed by atoms with Crippen LogP contribution in [0.25, 0.3) is 0 Å². The Balaban J connectivity index is 1.98. The van der Waals surface area contributed by atoms with E-state index in [4.69, 9.17) is 9.84 Å². The lowest BCUT2D eigenvalue weighted by Crippen LogP contribution is -2.30. The van der Waals surface area contributed by atoms with E-state index >= 15 is 0 Å². The standard InChI is InChI=1S/C19H20O4/c20-16-8-4-14(5-9-16)19(12-2-1-3-13-19)15-6-10-17(11-7-15)23-18(21)22/h4-11,20H,1-3,12-13H2,(H,21,22). The molecule has 0 aliphatic heterocycles. The molecular formula is C19H20O4. The molecule has 0 heterocycles. The molecule has 1 saturated carbocycles. The molecule has 0 saturated heterocycles. The molecule has 3 rings (SSSR count). The molecule has 0 atom stereocenters. The Bertz CT molecular complexity index is 668. The summed E-state index contributed by atoms with van der Waals surface area (Å²) in [4.78, 5) is 10.6. The molecule has 0 amide bonds. The second kappa shape index (κ2) is 6.32. The minimum atomic E-state index is -1.30. The summed E-state index contributed by atoms with van der Waals surface area (Å²) in [5.41, 5.74) is 2.29. The van der Waals surface area contributed by atoms with Crippen molar-refractivity contribution in [3.63, 3.8) is 0 Å². The summed E-state index contributed by atoms with van der Waals surface area (Å²) in [6.07, 6.45) is 4.36. The normalized spacial score (nSPS) is 16.7. The van der Waals surface area contributed by atoms with Gasteiger partial charge in [-0.1, -0.05) is 43.5 Å². The van der Waals surface area contributed by atoms with Crippen LogP contribution in [0.1, 0.15) is 43.2 Å². The first-order chi connectivity index (χ1) is 11.1. The van der Waals surface area contributed by atoms with Crippen LogP contribution in [0.4, 0.5) is 4.79 Å². The molecule has 4 nitrogen and oxygen atoms in total. The van der Waals surface area contributed by atoms with Gasteiger partial charge in [0.15, 0.2) is 0 Å². The molecule has 2 aromatic rings. The van der Waals surface area contributed by atoms with Crippen LogP contribution in [0.2, 0.25) is 0 Å². The highest BCUT2D eigenvalue weighted by Crippen LogP contribution is 2.45. The largest absolute Gasteiger partial charge is 0.511 e. The molecule has 23 heavy (non-hydrogen) atoms. The molecule has 2 N–H and O–H groups in total. The number of aromatic hydroxyl groups is 1. The van der Waals surface area contributed by atoms with Gasteiger partial charge in [0.1, 0.15) is 11.5 Å². The summed E-state index contributed by atoms with van der Waals surface area (Å²) in [5, 5.41) is 18.3. The Labute approximate surface area is 135 Å². The third-order valence-corrected chi connectivity index (χ3v) is 4.74. The maximum atomic E-state index is 10.6. The molecule has 120 valence electrons. The van der Waals surface area contributed by atoms with Gasteiger partial charge in [-0.2, -0.15) is 0 Å². The number of carbonyl (C=O) groups is 1. The Hall–Kier alpha value is -2.49. The number of phenolic OH excluding ortho intramolecular Hbond substituents is 1. The number of phenols is 1. The Kier molecular flexibility index (Phi) is 4.24. The first-order valence-corrected chi connectivity index (χ1v) is 7.91. The van der Waals surface area contributed by atoms with Crippen molar-refractivity contribution in [2.24, 2.45) is 0 Å². The van der Waals surface area contributed by atoms with E-state index in [1.165, 1.54) is 17.5 Å². The van der Waals surface area contributed by atoms with Crippen molar-refractivity contribution in [3.05, 3.63) is 59.7 Å². The van der Waals surface area contributed by atoms with Crippen LogP contribution in [0.3, 0.4) is 0 Å². The maximum Gasteiger partial charge on any atom is 0.511 e. The van der Waals surface area contributed by atoms with Crippen LogP contribution < -0.4 is 4.74 Å². The van der Waals surface area contributed by atoms with Gasteiger partial charge in [-0.25, -0.2) is 4.79 Å². The zero-order valence-electron chi connectivity index (χ0n) is 12.9. The summed E-state index contributed by atoms with van der Waals surface area (Å²) >= 11 is 0. The number of carboxylic acid groups (broad SMARTS) is 1. The Morgan fingerprint density at radius 2 is 1.39 bits per heavy atom. The van der Waals surface area contributed by atoms with Crippen LogP contribution in [-0.4, -0.2) is 16.4 Å². The predicted molar refractivity (Wildman–Crippen MR) is 87.1 cm³/mol. The molecule has 0 unspecified atom stereocenters. The predicted octanol–water partition coefficient (Wildman–Crippen LogP) is 4.70. The smallest absolute Gasteiger partial charge is 0.508 e. The molecule has 4 heteroatoms. The summed E-state index contributed by atoms with van der Waals surface area (Å²) < 4.78 is 4.69. The van der Waals surface area contributed by atoms with E-state index in [0.717, 1.165) is 25.7 Å². The third-order valence-electron chi connectivity index (χ3n) is 4.74. The van der Waals surface area contributed by atoms with Gasteiger partial charge in [-0.05, 0) is 48.2 Å². The summed E-state index contributed by atoms with van der Waals surface area (Å²) in [5.74, 6) is 0.600. The van der Waals surface area contributed by atoms with E-state index in [9.17, 15) is 9.90 Å². The number of benzene rings is 2. The molecule has 1 fully saturated rings. The van der Waals surface area contributed by atoms with Crippen molar-refractivity contribution >= 4 is 6.16 Å². The van der Waals surface area contributed by atoms with Gasteiger partial charge in [0.05, 0.1) is 0 Å². The average Bonchev–Trinajstić information content (AvgIpc) is 2.56. The molecule has 0 spiro atoms. The fourth-order valence-electron chi connectivity index (χ4n) is 3.62. The Morgan fingerprint density at radius 3 is 1.91 bits per heavy atom. The highest BCUT2D eigenvalue weighted by atomic mass is 16.7. The van der Waals surface area contributed by atoms with Gasteiger partial charge >= 0.3 is 6.16 Å². The first kappa shape index (κ1) is 15.4. The number of ether oxygens (including phenoxy) is 1. The van der Waals surface area contributed by atoms with Crippen molar-refractivity contribution in [1.29, 1.82) is 0 Å². The van der Waals surface area contributed by atoms with Crippen molar-refractivity contribution in [3.8, 4) is 11.5 Å². The van der Waals surface area contributed by atoms with Crippen LogP contribution >= 0.6 is 0 Å². The van der Waals surface area contributed by atoms with Gasteiger partial charge in [0.25, 0.3) is 0 Å². The SMILES string of the molecule is O=C(O)Oc1ccc(C2(c3ccc(O)cc3)CCCCC2)cc1. The number of hydrogen-bond acceptors (Lipinski definition) is 3. The van der Waals surface area contributed by atoms with Crippen LogP contribution in [0, 0.1) is 0 Å². The zero-order valence-corrected chi connectivity index (χ0v) is 12.9. The molecule has 1 aliphatic rings. The highest BCUT2D eigenvalue weighted by molar-refractivity contribution is 5.61. The van der Waals surface area contributed by atoms with E-state index in [-0.39, 0.29) is 11.2 Å². The van der Waals surface area contributed by atoms with E-state index in [1.54, 1.807) is 24.3 Å². The van der Waals surface area contributed by atoms with E-state index in [0.29, 0.717) is 5.75 Å². The number of hydrogen-bond donors (Lipinski definition) is 2. The summed E-state index contributed by atoms with van der Waals surface area (Å²) in [6, 6.07) is 14.8. The van der Waals surface area contributed by atoms with Gasteiger partial charge in [0, 0.05) is 5.41 Å². The lowest BCUT2D eigenvalue weighted by atomic mass is 9.65. The van der Waals surface area contributed by atoms with Crippen molar-refractivity contribution in [1.82, 2.24) is 0 Å². The van der Waals surface area contributed by atoms with E-state index in [1.807, 2.05) is 24.3 Å². The van der Waals surface area contributed by atoms with Gasteiger partial charge in [-0.15, -0.1) is 0 Å². The second-order valence-corrected chi connectivity index (χ2v) is 6.08.